The summed E-state index contributed by atoms with van der Waals surface area (Å²) in [5.74, 6) is 1.51. The molecule has 7 heteroatoms. The lowest BCUT2D eigenvalue weighted by molar-refractivity contribution is 0.0341. The van der Waals surface area contributed by atoms with Crippen LogP contribution in [0.2, 0.25) is 0 Å². The van der Waals surface area contributed by atoms with Crippen LogP contribution >= 0.6 is 0 Å². The lowest BCUT2D eigenvalue weighted by Gasteiger charge is -2.37. The van der Waals surface area contributed by atoms with Crippen LogP contribution < -0.4 is 10.2 Å². The van der Waals surface area contributed by atoms with E-state index in [1.165, 1.54) is 0 Å². The fourth-order valence-electron chi connectivity index (χ4n) is 2.46. The molecule has 3 heterocycles. The number of rotatable bonds is 3. The lowest BCUT2D eigenvalue weighted by Crippen LogP contribution is -2.48. The normalized spacial score (nSPS) is 23.2. The average Bonchev–Trinajstić information content (AvgIpc) is 2.89. The van der Waals surface area contributed by atoms with E-state index in [1.807, 2.05) is 6.92 Å². The first-order valence-electron chi connectivity index (χ1n) is 7.02. The third-order valence-corrected chi connectivity index (χ3v) is 3.48. The molecule has 2 atom stereocenters. The third-order valence-electron chi connectivity index (χ3n) is 3.48. The van der Waals surface area contributed by atoms with E-state index >= 15 is 0 Å². The fraction of sp³-hybridized carbons (Fsp3) is 0.615. The number of fused-ring (bicyclic) bond motifs is 1. The van der Waals surface area contributed by atoms with E-state index in [1.54, 1.807) is 6.33 Å². The molecule has 108 valence electrons. The molecular formula is C13H20N6O. The minimum Gasteiger partial charge on any atom is -0.375 e. The van der Waals surface area contributed by atoms with Gasteiger partial charge in [-0.1, -0.05) is 0 Å². The Morgan fingerprint density at radius 3 is 3.10 bits per heavy atom. The minimum absolute atomic E-state index is 0.196. The van der Waals surface area contributed by atoms with Crippen LogP contribution in [0.3, 0.4) is 0 Å². The number of ether oxygens (including phenoxy) is 1. The van der Waals surface area contributed by atoms with Crippen LogP contribution in [-0.2, 0) is 4.74 Å². The SMILES string of the molecule is CCNc1nc(N2CC(C)OCC2C)c2[nH]cnc2n1. The first kappa shape index (κ1) is 13.1. The molecule has 2 N–H and O–H groups in total. The van der Waals surface area contributed by atoms with Gasteiger partial charge in [0.05, 0.1) is 25.1 Å². The minimum atomic E-state index is 0.196. The van der Waals surface area contributed by atoms with Crippen molar-refractivity contribution >= 4 is 22.9 Å². The van der Waals surface area contributed by atoms with Gasteiger partial charge in [0, 0.05) is 13.1 Å². The third kappa shape index (κ3) is 2.29. The Morgan fingerprint density at radius 1 is 1.45 bits per heavy atom. The summed E-state index contributed by atoms with van der Waals surface area (Å²) in [7, 11) is 0. The molecular weight excluding hydrogens is 256 g/mol. The van der Waals surface area contributed by atoms with Crippen LogP contribution in [0.25, 0.3) is 11.2 Å². The second-order valence-corrected chi connectivity index (χ2v) is 5.15. The zero-order valence-corrected chi connectivity index (χ0v) is 12.1. The number of aromatic nitrogens is 4. The Kier molecular flexibility index (Phi) is 3.43. The molecule has 0 aliphatic carbocycles. The van der Waals surface area contributed by atoms with Crippen molar-refractivity contribution in [1.29, 1.82) is 0 Å². The first-order valence-corrected chi connectivity index (χ1v) is 7.02. The molecule has 2 aromatic rings. The molecule has 1 fully saturated rings. The molecule has 3 rings (SSSR count). The van der Waals surface area contributed by atoms with Gasteiger partial charge in [-0.25, -0.2) is 4.98 Å². The highest BCUT2D eigenvalue weighted by atomic mass is 16.5. The Morgan fingerprint density at radius 2 is 2.30 bits per heavy atom. The molecule has 0 spiro atoms. The van der Waals surface area contributed by atoms with Crippen molar-refractivity contribution in [3.63, 3.8) is 0 Å². The van der Waals surface area contributed by atoms with E-state index in [-0.39, 0.29) is 12.1 Å². The van der Waals surface area contributed by atoms with E-state index < -0.39 is 0 Å². The Balaban J connectivity index is 2.05. The number of hydrogen-bond acceptors (Lipinski definition) is 6. The van der Waals surface area contributed by atoms with Gasteiger partial charge in [-0.2, -0.15) is 9.97 Å². The van der Waals surface area contributed by atoms with Crippen molar-refractivity contribution < 1.29 is 4.74 Å². The topological polar surface area (TPSA) is 79.0 Å². The average molecular weight is 276 g/mol. The lowest BCUT2D eigenvalue weighted by atomic mass is 10.2. The highest BCUT2D eigenvalue weighted by Crippen LogP contribution is 2.26. The molecule has 0 aromatic carbocycles. The molecule has 1 aliphatic rings. The molecule has 0 bridgehead atoms. The highest BCUT2D eigenvalue weighted by Gasteiger charge is 2.27. The quantitative estimate of drug-likeness (QED) is 0.882. The smallest absolute Gasteiger partial charge is 0.226 e. The van der Waals surface area contributed by atoms with Gasteiger partial charge in [0.25, 0.3) is 0 Å². The van der Waals surface area contributed by atoms with E-state index in [4.69, 9.17) is 4.74 Å². The van der Waals surface area contributed by atoms with E-state index in [2.05, 4.69) is 44.0 Å². The molecule has 2 aromatic heterocycles. The summed E-state index contributed by atoms with van der Waals surface area (Å²) in [6, 6.07) is 0.280. The summed E-state index contributed by atoms with van der Waals surface area (Å²) in [6.45, 7) is 8.55. The first-order chi connectivity index (χ1) is 9.69. The van der Waals surface area contributed by atoms with Crippen molar-refractivity contribution in [2.75, 3.05) is 29.9 Å². The molecule has 0 radical (unpaired) electrons. The van der Waals surface area contributed by atoms with Gasteiger partial charge in [-0.05, 0) is 20.8 Å². The Bertz CT molecular complexity index is 598. The van der Waals surface area contributed by atoms with Crippen LogP contribution in [0, 0.1) is 0 Å². The maximum Gasteiger partial charge on any atom is 0.226 e. The molecule has 1 aliphatic heterocycles. The summed E-state index contributed by atoms with van der Waals surface area (Å²) in [6.07, 6.45) is 1.86. The maximum atomic E-state index is 5.69. The molecule has 0 amide bonds. The van der Waals surface area contributed by atoms with E-state index in [0.29, 0.717) is 18.2 Å². The van der Waals surface area contributed by atoms with Crippen molar-refractivity contribution in [3.8, 4) is 0 Å². The van der Waals surface area contributed by atoms with Gasteiger partial charge >= 0.3 is 0 Å². The van der Waals surface area contributed by atoms with Crippen LogP contribution in [0.5, 0.6) is 0 Å². The summed E-state index contributed by atoms with van der Waals surface area (Å²) in [5, 5.41) is 3.16. The van der Waals surface area contributed by atoms with Gasteiger partial charge in [0.15, 0.2) is 11.5 Å². The zero-order valence-electron chi connectivity index (χ0n) is 12.1. The summed E-state index contributed by atoms with van der Waals surface area (Å²) in [4.78, 5) is 18.7. The number of morpholine rings is 1. The number of aromatic amines is 1. The predicted molar refractivity (Wildman–Crippen MR) is 78.1 cm³/mol. The number of nitrogens with one attached hydrogen (secondary N) is 2. The van der Waals surface area contributed by atoms with Gasteiger partial charge in [0.2, 0.25) is 5.95 Å². The van der Waals surface area contributed by atoms with Crippen LogP contribution in [0.15, 0.2) is 6.33 Å². The van der Waals surface area contributed by atoms with Gasteiger partial charge in [0.1, 0.15) is 5.52 Å². The van der Waals surface area contributed by atoms with Gasteiger partial charge < -0.3 is 19.9 Å². The number of nitrogens with zero attached hydrogens (tertiary/aromatic N) is 4. The largest absolute Gasteiger partial charge is 0.375 e. The Labute approximate surface area is 117 Å². The van der Waals surface area contributed by atoms with Crippen LogP contribution in [0.1, 0.15) is 20.8 Å². The van der Waals surface area contributed by atoms with Crippen LogP contribution in [-0.4, -0.2) is 51.8 Å². The van der Waals surface area contributed by atoms with Crippen molar-refractivity contribution in [2.45, 2.75) is 32.9 Å². The standard InChI is InChI=1S/C13H20N6O/c1-4-14-13-17-11-10(15-7-16-11)12(18-13)19-5-9(3)20-6-8(19)2/h7-9H,4-6H2,1-3H3,(H2,14,15,16,17,18). The molecule has 1 saturated heterocycles. The second-order valence-electron chi connectivity index (χ2n) is 5.15. The highest BCUT2D eigenvalue weighted by molar-refractivity contribution is 5.84. The number of imidazole rings is 1. The summed E-state index contributed by atoms with van der Waals surface area (Å²) in [5.41, 5.74) is 1.57. The molecule has 0 saturated carbocycles. The molecule has 7 nitrogen and oxygen atoms in total. The van der Waals surface area contributed by atoms with Crippen molar-refractivity contribution in [1.82, 2.24) is 19.9 Å². The second kappa shape index (κ2) is 5.24. The zero-order chi connectivity index (χ0) is 14.1. The maximum absolute atomic E-state index is 5.69. The number of hydrogen-bond donors (Lipinski definition) is 2. The molecule has 2 unspecified atom stereocenters. The summed E-state index contributed by atoms with van der Waals surface area (Å²) >= 11 is 0. The predicted octanol–water partition coefficient (Wildman–Crippen LogP) is 1.40. The van der Waals surface area contributed by atoms with E-state index in [9.17, 15) is 0 Å². The van der Waals surface area contributed by atoms with Gasteiger partial charge in [-0.3, -0.25) is 0 Å². The summed E-state index contributed by atoms with van der Waals surface area (Å²) < 4.78 is 5.69. The molecule has 20 heavy (non-hydrogen) atoms. The van der Waals surface area contributed by atoms with Crippen LogP contribution in [0.4, 0.5) is 11.8 Å². The fourth-order valence-corrected chi connectivity index (χ4v) is 2.46. The van der Waals surface area contributed by atoms with Crippen molar-refractivity contribution in [2.24, 2.45) is 0 Å². The van der Waals surface area contributed by atoms with Crippen molar-refractivity contribution in [3.05, 3.63) is 6.33 Å². The number of anilines is 2. The van der Waals surface area contributed by atoms with E-state index in [0.717, 1.165) is 24.4 Å². The monoisotopic (exact) mass is 276 g/mol. The Hall–Kier alpha value is -1.89. The van der Waals surface area contributed by atoms with Gasteiger partial charge in [-0.15, -0.1) is 0 Å². The number of H-pyrrole nitrogens is 1.